The summed E-state index contributed by atoms with van der Waals surface area (Å²) in [4.78, 5) is -0.0927. The van der Waals surface area contributed by atoms with E-state index in [1.807, 2.05) is 0 Å². The van der Waals surface area contributed by atoms with E-state index in [1.54, 1.807) is 0 Å². The van der Waals surface area contributed by atoms with Crippen LogP contribution in [0, 0.1) is 5.92 Å². The van der Waals surface area contributed by atoms with Crippen molar-refractivity contribution < 1.29 is 13.5 Å². The molecule has 0 aliphatic heterocycles. The molecule has 0 radical (unpaired) electrons. The Labute approximate surface area is 143 Å². The standard InChI is InChI=1S/C13H16BrCl2NO3S/c14-9-5-11(15)13(12(16)6-9)21(19,20)17-7-8-1-3-10(18)4-2-8/h5-6,8,10,17-18H,1-4,7H2. The van der Waals surface area contributed by atoms with Gasteiger partial charge in [0.05, 0.1) is 16.1 Å². The highest BCUT2D eigenvalue weighted by atomic mass is 79.9. The Morgan fingerprint density at radius 3 is 2.24 bits per heavy atom. The lowest BCUT2D eigenvalue weighted by Gasteiger charge is -2.25. The summed E-state index contributed by atoms with van der Waals surface area (Å²) in [5.74, 6) is 0.233. The number of hydrogen-bond acceptors (Lipinski definition) is 3. The molecular weight excluding hydrogens is 401 g/mol. The highest BCUT2D eigenvalue weighted by Gasteiger charge is 2.25. The molecule has 0 aromatic heterocycles. The molecule has 0 amide bonds. The van der Waals surface area contributed by atoms with Gasteiger partial charge >= 0.3 is 0 Å². The Kier molecular flexibility index (Phi) is 5.96. The molecule has 1 aromatic rings. The number of aliphatic hydroxyl groups excluding tert-OH is 1. The van der Waals surface area contributed by atoms with Crippen molar-refractivity contribution in [2.24, 2.45) is 5.92 Å². The number of benzene rings is 1. The third kappa shape index (κ3) is 4.56. The van der Waals surface area contributed by atoms with Gasteiger partial charge in [-0.3, -0.25) is 0 Å². The first-order valence-electron chi connectivity index (χ1n) is 6.62. The number of nitrogens with one attached hydrogen (secondary N) is 1. The monoisotopic (exact) mass is 415 g/mol. The first-order chi connectivity index (χ1) is 9.79. The van der Waals surface area contributed by atoms with E-state index < -0.39 is 10.0 Å². The van der Waals surface area contributed by atoms with Crippen LogP contribution in [0.2, 0.25) is 10.0 Å². The fourth-order valence-electron chi connectivity index (χ4n) is 2.43. The Morgan fingerprint density at radius 2 is 1.71 bits per heavy atom. The van der Waals surface area contributed by atoms with Crippen LogP contribution in [0.1, 0.15) is 25.7 Å². The van der Waals surface area contributed by atoms with Gasteiger partial charge in [0.15, 0.2) is 0 Å². The molecule has 1 fully saturated rings. The average Bonchev–Trinajstić information content (AvgIpc) is 2.36. The second-order valence-electron chi connectivity index (χ2n) is 5.23. The zero-order valence-electron chi connectivity index (χ0n) is 11.2. The lowest BCUT2D eigenvalue weighted by atomic mass is 9.88. The minimum atomic E-state index is -3.75. The van der Waals surface area contributed by atoms with Crippen LogP contribution in [0.4, 0.5) is 0 Å². The van der Waals surface area contributed by atoms with Gasteiger partial charge in [0.2, 0.25) is 10.0 Å². The molecule has 118 valence electrons. The first kappa shape index (κ1) is 17.5. The van der Waals surface area contributed by atoms with E-state index >= 15 is 0 Å². The van der Waals surface area contributed by atoms with Gasteiger partial charge in [-0.2, -0.15) is 0 Å². The van der Waals surface area contributed by atoms with Crippen molar-refractivity contribution in [1.29, 1.82) is 0 Å². The van der Waals surface area contributed by atoms with Crippen LogP contribution < -0.4 is 4.72 Å². The molecule has 1 aromatic carbocycles. The van der Waals surface area contributed by atoms with Crippen LogP contribution in [0.25, 0.3) is 0 Å². The Bertz CT molecular complexity index is 593. The van der Waals surface area contributed by atoms with Gasteiger partial charge in [0.1, 0.15) is 4.90 Å². The molecule has 1 saturated carbocycles. The summed E-state index contributed by atoms with van der Waals surface area (Å²) in [6.45, 7) is 0.331. The summed E-state index contributed by atoms with van der Waals surface area (Å²) in [5, 5.41) is 9.62. The molecule has 0 bridgehead atoms. The molecule has 1 aliphatic carbocycles. The van der Waals surface area contributed by atoms with Gasteiger partial charge in [0.25, 0.3) is 0 Å². The van der Waals surface area contributed by atoms with Gasteiger partial charge in [0, 0.05) is 11.0 Å². The minimum Gasteiger partial charge on any atom is -0.393 e. The predicted molar refractivity (Wildman–Crippen MR) is 87.3 cm³/mol. The minimum absolute atomic E-state index is 0.0842. The van der Waals surface area contributed by atoms with Crippen LogP contribution in [0.5, 0.6) is 0 Å². The van der Waals surface area contributed by atoms with Crippen LogP contribution in [0.3, 0.4) is 0 Å². The van der Waals surface area contributed by atoms with Gasteiger partial charge in [-0.15, -0.1) is 0 Å². The van der Waals surface area contributed by atoms with Crippen molar-refractivity contribution in [3.05, 3.63) is 26.7 Å². The smallest absolute Gasteiger partial charge is 0.243 e. The summed E-state index contributed by atoms with van der Waals surface area (Å²) in [6, 6.07) is 3.00. The number of sulfonamides is 1. The Balaban J connectivity index is 2.09. The van der Waals surface area contributed by atoms with Crippen molar-refractivity contribution in [1.82, 2.24) is 4.72 Å². The highest BCUT2D eigenvalue weighted by molar-refractivity contribution is 9.10. The SMILES string of the molecule is O=S(=O)(NCC1CCC(O)CC1)c1c(Cl)cc(Br)cc1Cl. The van der Waals surface area contributed by atoms with E-state index in [1.165, 1.54) is 12.1 Å². The number of halogens is 3. The molecule has 0 spiro atoms. The third-order valence-electron chi connectivity index (χ3n) is 3.61. The normalized spacial score (nSPS) is 23.2. The van der Waals surface area contributed by atoms with E-state index in [0.29, 0.717) is 23.9 Å². The van der Waals surface area contributed by atoms with E-state index in [4.69, 9.17) is 23.2 Å². The topological polar surface area (TPSA) is 66.4 Å². The lowest BCUT2D eigenvalue weighted by Crippen LogP contribution is -2.32. The van der Waals surface area contributed by atoms with Gasteiger partial charge < -0.3 is 5.11 Å². The molecule has 0 saturated heterocycles. The summed E-state index contributed by atoms with van der Waals surface area (Å²) in [6.07, 6.45) is 2.79. The van der Waals surface area contributed by atoms with Crippen molar-refractivity contribution in [3.8, 4) is 0 Å². The molecule has 0 heterocycles. The van der Waals surface area contributed by atoms with E-state index in [2.05, 4.69) is 20.7 Å². The van der Waals surface area contributed by atoms with Crippen molar-refractivity contribution in [3.63, 3.8) is 0 Å². The molecule has 4 nitrogen and oxygen atoms in total. The summed E-state index contributed by atoms with van der Waals surface area (Å²) < 4.78 is 27.9. The summed E-state index contributed by atoms with van der Waals surface area (Å²) in [5.41, 5.74) is 0. The number of hydrogen-bond donors (Lipinski definition) is 2. The molecule has 2 N–H and O–H groups in total. The van der Waals surface area contributed by atoms with Gasteiger partial charge in [-0.1, -0.05) is 39.1 Å². The number of rotatable bonds is 4. The van der Waals surface area contributed by atoms with Gasteiger partial charge in [-0.25, -0.2) is 13.1 Å². The maximum Gasteiger partial charge on any atom is 0.243 e. The van der Waals surface area contributed by atoms with Crippen LogP contribution >= 0.6 is 39.1 Å². The van der Waals surface area contributed by atoms with E-state index in [0.717, 1.165) is 12.8 Å². The fourth-order valence-corrected chi connectivity index (χ4v) is 5.48. The lowest BCUT2D eigenvalue weighted by molar-refractivity contribution is 0.109. The molecule has 0 atom stereocenters. The molecule has 8 heteroatoms. The molecule has 2 rings (SSSR count). The average molecular weight is 417 g/mol. The quantitative estimate of drug-likeness (QED) is 0.788. The maximum atomic E-state index is 12.3. The molecule has 0 unspecified atom stereocenters. The summed E-state index contributed by atoms with van der Waals surface area (Å²) in [7, 11) is -3.75. The van der Waals surface area contributed by atoms with Crippen molar-refractivity contribution in [2.45, 2.75) is 36.7 Å². The maximum absolute atomic E-state index is 12.3. The fraction of sp³-hybridized carbons (Fsp3) is 0.538. The highest BCUT2D eigenvalue weighted by Crippen LogP contribution is 2.33. The largest absolute Gasteiger partial charge is 0.393 e. The zero-order valence-corrected chi connectivity index (χ0v) is 15.1. The van der Waals surface area contributed by atoms with Crippen LogP contribution in [-0.4, -0.2) is 26.2 Å². The Hall–Kier alpha value is 0.150. The van der Waals surface area contributed by atoms with Crippen LogP contribution in [0.15, 0.2) is 21.5 Å². The van der Waals surface area contributed by atoms with Gasteiger partial charge in [-0.05, 0) is 43.7 Å². The number of aliphatic hydroxyl groups is 1. The predicted octanol–water partition coefficient (Wildman–Crippen LogP) is 3.59. The third-order valence-corrected chi connectivity index (χ3v) is 6.41. The second-order valence-corrected chi connectivity index (χ2v) is 8.66. The van der Waals surface area contributed by atoms with Crippen LogP contribution in [-0.2, 0) is 10.0 Å². The van der Waals surface area contributed by atoms with E-state index in [-0.39, 0.29) is 27.0 Å². The molecule has 21 heavy (non-hydrogen) atoms. The van der Waals surface area contributed by atoms with E-state index in [9.17, 15) is 13.5 Å². The Morgan fingerprint density at radius 1 is 1.19 bits per heavy atom. The molecular formula is C13H16BrCl2NO3S. The van der Waals surface area contributed by atoms with Crippen molar-refractivity contribution in [2.75, 3.05) is 6.54 Å². The molecule has 1 aliphatic rings. The zero-order chi connectivity index (χ0) is 15.6. The first-order valence-corrected chi connectivity index (χ1v) is 9.65. The second kappa shape index (κ2) is 7.15. The summed E-state index contributed by atoms with van der Waals surface area (Å²) >= 11 is 15.2. The van der Waals surface area contributed by atoms with Crippen molar-refractivity contribution >= 4 is 49.2 Å².